The molecule has 5 nitrogen and oxygen atoms in total. The minimum Gasteiger partial charge on any atom is -0.419 e. The summed E-state index contributed by atoms with van der Waals surface area (Å²) in [5, 5.41) is 5.60. The Labute approximate surface area is 243 Å². The highest BCUT2D eigenvalue weighted by Gasteiger charge is 2.30. The van der Waals surface area contributed by atoms with E-state index in [0.29, 0.717) is 16.2 Å². The molecule has 0 fully saturated rings. The Morgan fingerprint density at radius 1 is 1.10 bits per heavy atom. The molecule has 2 aromatic carbocycles. The largest absolute Gasteiger partial charge is 0.419 e. The third kappa shape index (κ3) is 6.12. The van der Waals surface area contributed by atoms with Gasteiger partial charge in [-0.05, 0) is 110 Å². The molecule has 0 spiro atoms. The number of benzene rings is 2. The van der Waals surface area contributed by atoms with Gasteiger partial charge in [-0.1, -0.05) is 29.8 Å². The molecule has 8 heteroatoms. The summed E-state index contributed by atoms with van der Waals surface area (Å²) in [4.78, 5) is 28.3. The fraction of sp³-hybridized carbons (Fsp3) is 0.355. The molecule has 0 bridgehead atoms. The molecular weight excluding hydrogens is 550 g/mol. The fourth-order valence-electron chi connectivity index (χ4n) is 5.46. The number of thioether (sulfide) groups is 1. The van der Waals surface area contributed by atoms with Gasteiger partial charge >= 0.3 is 11.9 Å². The molecule has 1 unspecified atom stereocenters. The second kappa shape index (κ2) is 12.3. The van der Waals surface area contributed by atoms with Gasteiger partial charge in [0.2, 0.25) is 0 Å². The number of likely N-dealkylation sites (N-methyl/N-ethyl adjacent to an activating group) is 1. The van der Waals surface area contributed by atoms with E-state index in [1.54, 1.807) is 23.8 Å². The van der Waals surface area contributed by atoms with Gasteiger partial charge < -0.3 is 14.4 Å². The third-order valence-electron chi connectivity index (χ3n) is 7.46. The summed E-state index contributed by atoms with van der Waals surface area (Å²) < 4.78 is 11.7. The van der Waals surface area contributed by atoms with Gasteiger partial charge in [0.15, 0.2) is 11.5 Å². The summed E-state index contributed by atoms with van der Waals surface area (Å²) in [6, 6.07) is 10.4. The summed E-state index contributed by atoms with van der Waals surface area (Å²) in [5.74, 6) is -0.762. The summed E-state index contributed by atoms with van der Waals surface area (Å²) in [5.41, 5.74) is 6.90. The molecule has 1 atom stereocenters. The molecule has 2 heterocycles. The number of hydrogen-bond acceptors (Lipinski definition) is 7. The molecule has 3 aromatic rings. The van der Waals surface area contributed by atoms with Gasteiger partial charge in [-0.25, -0.2) is 9.59 Å². The van der Waals surface area contributed by atoms with Gasteiger partial charge in [0.1, 0.15) is 0 Å². The second-order valence-corrected chi connectivity index (χ2v) is 12.1. The zero-order valence-electron chi connectivity index (χ0n) is 22.4. The van der Waals surface area contributed by atoms with Gasteiger partial charge in [-0.15, -0.1) is 11.8 Å². The van der Waals surface area contributed by atoms with E-state index in [9.17, 15) is 9.59 Å². The van der Waals surface area contributed by atoms with E-state index < -0.39 is 11.9 Å². The normalized spacial score (nSPS) is 17.6. The molecule has 0 saturated carbocycles. The molecule has 0 N–H and O–H groups in total. The van der Waals surface area contributed by atoms with Crippen molar-refractivity contribution in [1.29, 1.82) is 0 Å². The van der Waals surface area contributed by atoms with Crippen LogP contribution in [0.1, 0.15) is 63.9 Å². The molecule has 0 saturated heterocycles. The van der Waals surface area contributed by atoms with Crippen LogP contribution in [0.5, 0.6) is 11.5 Å². The SMILES string of the molecule is CS/C=C(\C)C(=O)Oc1cc2c(c(Cl)c1OC(=O)c1ccsc1)CCCN(C)CC2c1ccc2c(c1)CCC2. The lowest BCUT2D eigenvalue weighted by molar-refractivity contribution is -0.130. The van der Waals surface area contributed by atoms with Crippen molar-refractivity contribution >= 4 is 46.6 Å². The molecule has 5 rings (SSSR count). The van der Waals surface area contributed by atoms with Crippen LogP contribution < -0.4 is 9.47 Å². The lowest BCUT2D eigenvalue weighted by atomic mass is 9.83. The van der Waals surface area contributed by atoms with Crippen LogP contribution in [0, 0.1) is 0 Å². The van der Waals surface area contributed by atoms with Crippen LogP contribution in [0.4, 0.5) is 0 Å². The number of ether oxygens (including phenoxy) is 2. The smallest absolute Gasteiger partial charge is 0.344 e. The van der Waals surface area contributed by atoms with E-state index in [2.05, 4.69) is 30.1 Å². The molecule has 2 aliphatic rings. The van der Waals surface area contributed by atoms with Gasteiger partial charge in [-0.2, -0.15) is 11.3 Å². The van der Waals surface area contributed by atoms with Crippen LogP contribution in [0.3, 0.4) is 0 Å². The van der Waals surface area contributed by atoms with Crippen LogP contribution in [0.2, 0.25) is 5.02 Å². The van der Waals surface area contributed by atoms with Crippen molar-refractivity contribution in [3.8, 4) is 11.5 Å². The Balaban J connectivity index is 1.64. The van der Waals surface area contributed by atoms with E-state index in [1.807, 2.05) is 17.7 Å². The molecule has 1 aliphatic carbocycles. The molecule has 0 amide bonds. The highest BCUT2D eigenvalue weighted by Crippen LogP contribution is 2.46. The quantitative estimate of drug-likeness (QED) is 0.173. The second-order valence-electron chi connectivity index (χ2n) is 10.2. The average molecular weight is 582 g/mol. The molecule has 39 heavy (non-hydrogen) atoms. The molecule has 204 valence electrons. The molecule has 0 radical (unpaired) electrons. The lowest BCUT2D eigenvalue weighted by Gasteiger charge is -2.31. The number of carbonyl (C=O) groups is 2. The number of hydrogen-bond donors (Lipinski definition) is 0. The van der Waals surface area contributed by atoms with Gasteiger partial charge in [0, 0.05) is 23.4 Å². The highest BCUT2D eigenvalue weighted by atomic mass is 35.5. The number of halogens is 1. The monoisotopic (exact) mass is 581 g/mol. The molecular formula is C31H32ClNO4S2. The van der Waals surface area contributed by atoms with Gasteiger partial charge in [-0.3, -0.25) is 0 Å². The summed E-state index contributed by atoms with van der Waals surface area (Å²) in [6.45, 7) is 3.43. The number of fused-ring (bicyclic) bond motifs is 2. The van der Waals surface area contributed by atoms with Crippen LogP contribution in [0.25, 0.3) is 0 Å². The van der Waals surface area contributed by atoms with Gasteiger partial charge in [0.25, 0.3) is 0 Å². The zero-order chi connectivity index (χ0) is 27.5. The Hall–Kier alpha value is -2.58. The van der Waals surface area contributed by atoms with Gasteiger partial charge in [0.05, 0.1) is 10.6 Å². The average Bonchev–Trinajstić information content (AvgIpc) is 3.61. The first-order valence-electron chi connectivity index (χ1n) is 13.2. The fourth-order valence-corrected chi connectivity index (χ4v) is 6.87. The number of rotatable bonds is 6. The van der Waals surface area contributed by atoms with E-state index in [0.717, 1.165) is 49.9 Å². The Morgan fingerprint density at radius 2 is 1.92 bits per heavy atom. The zero-order valence-corrected chi connectivity index (χ0v) is 24.8. The maximum atomic E-state index is 13.0. The standard InChI is InChI=1S/C31H32ClNO4S2/c1-19(17-38-3)30(34)36-27-15-25-24(28(32)29(27)37-31(35)23-11-13-39-18-23)8-5-12-33(2)16-26(25)22-10-9-20-6-4-7-21(20)14-22/h9-11,13-15,17-18,26H,4-8,12,16H2,1-3H3/b19-17+. The maximum absolute atomic E-state index is 13.0. The number of thiophene rings is 1. The van der Waals surface area contributed by atoms with Crippen LogP contribution in [-0.4, -0.2) is 43.2 Å². The summed E-state index contributed by atoms with van der Waals surface area (Å²) >= 11 is 9.90. The molecule has 1 aliphatic heterocycles. The van der Waals surface area contributed by atoms with Crippen LogP contribution in [-0.2, 0) is 24.1 Å². The summed E-state index contributed by atoms with van der Waals surface area (Å²) in [7, 11) is 2.14. The van der Waals surface area contributed by atoms with Crippen molar-refractivity contribution in [2.75, 3.05) is 26.4 Å². The predicted molar refractivity (Wildman–Crippen MR) is 160 cm³/mol. The topological polar surface area (TPSA) is 55.8 Å². The highest BCUT2D eigenvalue weighted by molar-refractivity contribution is 8.01. The van der Waals surface area contributed by atoms with Crippen molar-refractivity contribution in [3.05, 3.63) is 90.5 Å². The third-order valence-corrected chi connectivity index (χ3v) is 9.13. The number of esters is 2. The Kier molecular flexibility index (Phi) is 8.82. The van der Waals surface area contributed by atoms with Crippen LogP contribution in [0.15, 0.2) is 52.1 Å². The predicted octanol–water partition coefficient (Wildman–Crippen LogP) is 7.29. The Bertz CT molecular complexity index is 1420. The van der Waals surface area contributed by atoms with E-state index >= 15 is 0 Å². The van der Waals surface area contributed by atoms with Crippen LogP contribution >= 0.6 is 34.7 Å². The van der Waals surface area contributed by atoms with Crippen molar-refractivity contribution < 1.29 is 19.1 Å². The first-order chi connectivity index (χ1) is 18.9. The number of nitrogens with zero attached hydrogens (tertiary/aromatic N) is 1. The maximum Gasteiger partial charge on any atom is 0.344 e. The van der Waals surface area contributed by atoms with Crippen molar-refractivity contribution in [2.45, 2.75) is 44.9 Å². The van der Waals surface area contributed by atoms with E-state index in [4.69, 9.17) is 21.1 Å². The lowest BCUT2D eigenvalue weighted by Crippen LogP contribution is -2.29. The first kappa shape index (κ1) is 28.0. The van der Waals surface area contributed by atoms with Crippen molar-refractivity contribution in [1.82, 2.24) is 4.90 Å². The first-order valence-corrected chi connectivity index (χ1v) is 15.8. The summed E-state index contributed by atoms with van der Waals surface area (Å²) in [6.07, 6.45) is 6.93. The minimum atomic E-state index is -0.535. The Morgan fingerprint density at radius 3 is 2.69 bits per heavy atom. The van der Waals surface area contributed by atoms with Crippen molar-refractivity contribution in [2.24, 2.45) is 0 Å². The van der Waals surface area contributed by atoms with E-state index in [1.165, 1.54) is 46.2 Å². The molecule has 1 aromatic heterocycles. The number of aryl methyl sites for hydroxylation is 2. The minimum absolute atomic E-state index is 0.0237. The van der Waals surface area contributed by atoms with Crippen molar-refractivity contribution in [3.63, 3.8) is 0 Å². The van der Waals surface area contributed by atoms with E-state index in [-0.39, 0.29) is 17.4 Å². The number of carbonyl (C=O) groups excluding carboxylic acids is 2.